The lowest BCUT2D eigenvalue weighted by atomic mass is 10.0. The van der Waals surface area contributed by atoms with Crippen LogP contribution in [0.25, 0.3) is 22.4 Å². The van der Waals surface area contributed by atoms with Crippen LogP contribution in [-0.2, 0) is 0 Å². The number of aromatic nitrogens is 1. The summed E-state index contributed by atoms with van der Waals surface area (Å²) in [7, 11) is 3.00. The van der Waals surface area contributed by atoms with Gasteiger partial charge < -0.3 is 16.0 Å². The molecular weight excluding hydrogens is 262 g/mol. The molecule has 2 aromatic carbocycles. The fourth-order valence-corrected chi connectivity index (χ4v) is 1.86. The summed E-state index contributed by atoms with van der Waals surface area (Å²) in [5, 5.41) is 4.09. The van der Waals surface area contributed by atoms with E-state index in [2.05, 4.69) is 28.8 Å². The molecule has 0 radical (unpaired) electrons. The number of nitrogens with two attached hydrogens (primary N) is 2. The van der Waals surface area contributed by atoms with Gasteiger partial charge in [-0.3, -0.25) is 0 Å². The number of hydrogen-bond acceptors (Lipinski definition) is 4. The lowest BCUT2D eigenvalue weighted by Crippen LogP contribution is -1.81. The molecule has 0 bridgehead atoms. The van der Waals surface area contributed by atoms with E-state index in [1.807, 2.05) is 48.5 Å². The Morgan fingerprint density at radius 3 is 1.71 bits per heavy atom. The molecule has 3 aromatic rings. The van der Waals surface area contributed by atoms with Crippen molar-refractivity contribution in [2.45, 2.75) is 0 Å². The van der Waals surface area contributed by atoms with Gasteiger partial charge in [0, 0.05) is 11.1 Å². The minimum absolute atomic E-state index is 0.886. The molecule has 0 aliphatic rings. The first-order valence-corrected chi connectivity index (χ1v) is 6.66. The highest BCUT2D eigenvalue weighted by Gasteiger charge is 2.10. The van der Waals surface area contributed by atoms with E-state index in [0.717, 1.165) is 22.4 Å². The highest BCUT2D eigenvalue weighted by Crippen LogP contribution is 2.30. The van der Waals surface area contributed by atoms with Gasteiger partial charge in [-0.25, -0.2) is 0 Å². The van der Waals surface area contributed by atoms with E-state index in [0.29, 0.717) is 0 Å². The maximum Gasteiger partial charge on any atom is 0.132 e. The topological polar surface area (TPSA) is 78.1 Å². The SMILES string of the molecule is CN.CN.c1ccc(-c2conc2-c2ccccc2)cc1. The average Bonchev–Trinajstić information content (AvgIpc) is 3.10. The lowest BCUT2D eigenvalue weighted by molar-refractivity contribution is 0.422. The van der Waals surface area contributed by atoms with Gasteiger partial charge in [0.15, 0.2) is 0 Å². The monoisotopic (exact) mass is 283 g/mol. The number of hydrogen-bond donors (Lipinski definition) is 2. The molecule has 0 aliphatic carbocycles. The Kier molecular flexibility index (Phi) is 7.50. The largest absolute Gasteiger partial charge is 0.363 e. The molecule has 0 fully saturated rings. The minimum Gasteiger partial charge on any atom is -0.363 e. The summed E-state index contributed by atoms with van der Waals surface area (Å²) < 4.78 is 5.10. The van der Waals surface area contributed by atoms with Crippen LogP contribution in [0, 0.1) is 0 Å². The molecule has 4 heteroatoms. The quantitative estimate of drug-likeness (QED) is 0.757. The Bertz CT molecular complexity index is 552. The summed E-state index contributed by atoms with van der Waals surface area (Å²) in [5.41, 5.74) is 13.1. The summed E-state index contributed by atoms with van der Waals surface area (Å²) in [6.45, 7) is 0. The Balaban J connectivity index is 0.000000510. The van der Waals surface area contributed by atoms with Gasteiger partial charge in [-0.15, -0.1) is 0 Å². The highest BCUT2D eigenvalue weighted by molar-refractivity contribution is 5.79. The Morgan fingerprint density at radius 2 is 1.19 bits per heavy atom. The summed E-state index contributed by atoms with van der Waals surface area (Å²) in [4.78, 5) is 0. The van der Waals surface area contributed by atoms with E-state index < -0.39 is 0 Å². The molecule has 3 rings (SSSR count). The van der Waals surface area contributed by atoms with Crippen molar-refractivity contribution in [1.29, 1.82) is 0 Å². The van der Waals surface area contributed by atoms with Crippen LogP contribution in [0.3, 0.4) is 0 Å². The van der Waals surface area contributed by atoms with E-state index in [-0.39, 0.29) is 0 Å². The molecule has 0 saturated carbocycles. The van der Waals surface area contributed by atoms with Crippen molar-refractivity contribution in [3.63, 3.8) is 0 Å². The zero-order valence-corrected chi connectivity index (χ0v) is 12.4. The summed E-state index contributed by atoms with van der Waals surface area (Å²) in [6.07, 6.45) is 1.69. The van der Waals surface area contributed by atoms with Crippen LogP contribution in [0.2, 0.25) is 0 Å². The third kappa shape index (κ3) is 4.27. The van der Waals surface area contributed by atoms with Gasteiger partial charge in [0.2, 0.25) is 0 Å². The zero-order valence-electron chi connectivity index (χ0n) is 12.4. The van der Waals surface area contributed by atoms with Crippen LogP contribution in [0.4, 0.5) is 0 Å². The van der Waals surface area contributed by atoms with Gasteiger partial charge in [-0.05, 0) is 19.7 Å². The van der Waals surface area contributed by atoms with Crippen LogP contribution in [0.1, 0.15) is 0 Å². The van der Waals surface area contributed by atoms with Crippen molar-refractivity contribution in [3.05, 3.63) is 66.9 Å². The van der Waals surface area contributed by atoms with Gasteiger partial charge in [-0.2, -0.15) is 0 Å². The van der Waals surface area contributed by atoms with Crippen molar-refractivity contribution in [2.75, 3.05) is 14.1 Å². The predicted octanol–water partition coefficient (Wildman–Crippen LogP) is 3.16. The molecule has 0 amide bonds. The molecule has 1 aromatic heterocycles. The van der Waals surface area contributed by atoms with E-state index >= 15 is 0 Å². The summed E-state index contributed by atoms with van der Waals surface area (Å²) in [5.74, 6) is 0. The molecule has 0 spiro atoms. The van der Waals surface area contributed by atoms with Crippen molar-refractivity contribution in [1.82, 2.24) is 5.16 Å². The molecule has 0 saturated heterocycles. The molecule has 4 N–H and O–H groups in total. The summed E-state index contributed by atoms with van der Waals surface area (Å²) in [6, 6.07) is 20.2. The molecular formula is C17H21N3O. The maximum absolute atomic E-state index is 5.10. The first-order chi connectivity index (χ1) is 10.4. The third-order valence-electron chi connectivity index (χ3n) is 2.70. The highest BCUT2D eigenvalue weighted by atomic mass is 16.5. The smallest absolute Gasteiger partial charge is 0.132 e. The standard InChI is InChI=1S/C15H11NO.2CH5N/c1-3-7-12(8-4-1)14-11-17-16-15(14)13-9-5-2-6-10-13;2*1-2/h1-11H;2*2H2,1H3. The fourth-order valence-electron chi connectivity index (χ4n) is 1.86. The third-order valence-corrected chi connectivity index (χ3v) is 2.70. The van der Waals surface area contributed by atoms with Crippen LogP contribution in [-0.4, -0.2) is 19.3 Å². The first kappa shape index (κ1) is 16.6. The van der Waals surface area contributed by atoms with Crippen molar-refractivity contribution >= 4 is 0 Å². The van der Waals surface area contributed by atoms with E-state index in [4.69, 9.17) is 4.52 Å². The normalized spacial score (nSPS) is 8.95. The number of nitrogens with zero attached hydrogens (tertiary/aromatic N) is 1. The predicted molar refractivity (Wildman–Crippen MR) is 87.6 cm³/mol. The second kappa shape index (κ2) is 9.47. The molecule has 110 valence electrons. The Morgan fingerprint density at radius 1 is 0.714 bits per heavy atom. The van der Waals surface area contributed by atoms with Gasteiger partial charge >= 0.3 is 0 Å². The minimum atomic E-state index is 0.886. The van der Waals surface area contributed by atoms with E-state index in [1.165, 1.54) is 14.1 Å². The van der Waals surface area contributed by atoms with Gasteiger partial charge in [0.1, 0.15) is 12.0 Å². The van der Waals surface area contributed by atoms with Crippen molar-refractivity contribution in [3.8, 4) is 22.4 Å². The van der Waals surface area contributed by atoms with E-state index in [1.54, 1.807) is 6.26 Å². The molecule has 21 heavy (non-hydrogen) atoms. The van der Waals surface area contributed by atoms with Crippen LogP contribution in [0.5, 0.6) is 0 Å². The number of rotatable bonds is 2. The second-order valence-corrected chi connectivity index (χ2v) is 3.81. The molecule has 0 aliphatic heterocycles. The zero-order chi connectivity index (χ0) is 15.5. The molecule has 4 nitrogen and oxygen atoms in total. The van der Waals surface area contributed by atoms with Gasteiger partial charge in [-0.1, -0.05) is 65.8 Å². The molecule has 0 unspecified atom stereocenters. The van der Waals surface area contributed by atoms with Crippen molar-refractivity contribution in [2.24, 2.45) is 11.5 Å². The number of benzene rings is 2. The Labute approximate surface area is 125 Å². The van der Waals surface area contributed by atoms with Crippen LogP contribution < -0.4 is 11.5 Å². The lowest BCUT2D eigenvalue weighted by Gasteiger charge is -2.00. The molecule has 0 atom stereocenters. The van der Waals surface area contributed by atoms with Gasteiger partial charge in [0.05, 0.1) is 0 Å². The second-order valence-electron chi connectivity index (χ2n) is 3.81. The fraction of sp³-hybridized carbons (Fsp3) is 0.118. The summed E-state index contributed by atoms with van der Waals surface area (Å²) >= 11 is 0. The Hall–Kier alpha value is -2.43. The average molecular weight is 283 g/mol. The van der Waals surface area contributed by atoms with Gasteiger partial charge in [0.25, 0.3) is 0 Å². The molecule has 1 heterocycles. The van der Waals surface area contributed by atoms with E-state index in [9.17, 15) is 0 Å². The van der Waals surface area contributed by atoms with Crippen molar-refractivity contribution < 1.29 is 4.52 Å². The van der Waals surface area contributed by atoms with Crippen LogP contribution >= 0.6 is 0 Å². The first-order valence-electron chi connectivity index (χ1n) is 6.66. The van der Waals surface area contributed by atoms with Crippen LogP contribution in [0.15, 0.2) is 71.4 Å². The maximum atomic E-state index is 5.10.